The summed E-state index contributed by atoms with van der Waals surface area (Å²) in [5.74, 6) is 0. The monoisotopic (exact) mass is 330 g/mol. The minimum absolute atomic E-state index is 0.434. The van der Waals surface area contributed by atoms with Crippen LogP contribution in [0.3, 0.4) is 0 Å². The van der Waals surface area contributed by atoms with Gasteiger partial charge in [-0.15, -0.1) is 0 Å². The molecule has 0 unspecified atom stereocenters. The standard InChI is InChI=1S/C20H26O2S/c1-11-9-19(17(7)15(5)13(11)3)23(21,22)20-10-12(2)14(4)16(6)18(20)8/h9-10H,1-8H3. The van der Waals surface area contributed by atoms with E-state index in [0.717, 1.165) is 44.5 Å². The first-order valence-electron chi connectivity index (χ1n) is 7.90. The van der Waals surface area contributed by atoms with Gasteiger partial charge in [0.2, 0.25) is 9.84 Å². The van der Waals surface area contributed by atoms with Crippen LogP contribution in [-0.2, 0) is 9.84 Å². The lowest BCUT2D eigenvalue weighted by atomic mass is 9.99. The maximum absolute atomic E-state index is 13.3. The number of sulfone groups is 1. The van der Waals surface area contributed by atoms with Gasteiger partial charge in [-0.3, -0.25) is 0 Å². The summed E-state index contributed by atoms with van der Waals surface area (Å²) in [4.78, 5) is 0.868. The molecule has 0 spiro atoms. The molecule has 0 aromatic heterocycles. The molecule has 2 aromatic rings. The lowest BCUT2D eigenvalue weighted by Crippen LogP contribution is -2.10. The van der Waals surface area contributed by atoms with E-state index in [1.54, 1.807) is 0 Å². The maximum Gasteiger partial charge on any atom is 0.207 e. The van der Waals surface area contributed by atoms with Gasteiger partial charge in [-0.05, 0) is 112 Å². The molecule has 0 N–H and O–H groups in total. The Bertz CT molecular complexity index is 835. The van der Waals surface area contributed by atoms with Gasteiger partial charge in [0.25, 0.3) is 0 Å². The molecule has 3 heteroatoms. The topological polar surface area (TPSA) is 34.1 Å². The molecule has 0 radical (unpaired) electrons. The van der Waals surface area contributed by atoms with Crippen molar-refractivity contribution in [3.63, 3.8) is 0 Å². The third-order valence-electron chi connectivity index (χ3n) is 5.45. The lowest BCUT2D eigenvalue weighted by Gasteiger charge is -2.18. The average molecular weight is 330 g/mol. The highest BCUT2D eigenvalue weighted by Crippen LogP contribution is 2.33. The molecule has 0 aliphatic rings. The first kappa shape index (κ1) is 17.7. The van der Waals surface area contributed by atoms with E-state index in [2.05, 4.69) is 0 Å². The smallest absolute Gasteiger partial charge is 0.207 e. The number of hydrogen-bond donors (Lipinski definition) is 0. The Hall–Kier alpha value is -1.61. The van der Waals surface area contributed by atoms with Crippen molar-refractivity contribution >= 4 is 9.84 Å². The van der Waals surface area contributed by atoms with Crippen molar-refractivity contribution in [1.82, 2.24) is 0 Å². The van der Waals surface area contributed by atoms with Crippen molar-refractivity contribution in [2.75, 3.05) is 0 Å². The van der Waals surface area contributed by atoms with Gasteiger partial charge in [-0.1, -0.05) is 0 Å². The summed E-state index contributed by atoms with van der Waals surface area (Å²) < 4.78 is 26.6. The van der Waals surface area contributed by atoms with Gasteiger partial charge in [0.1, 0.15) is 0 Å². The molecule has 2 aromatic carbocycles. The Morgan fingerprint density at radius 1 is 0.522 bits per heavy atom. The zero-order valence-electron chi connectivity index (χ0n) is 15.4. The number of benzene rings is 2. The molecule has 0 heterocycles. The van der Waals surface area contributed by atoms with Crippen molar-refractivity contribution in [3.8, 4) is 0 Å². The van der Waals surface area contributed by atoms with Crippen LogP contribution in [0.5, 0.6) is 0 Å². The Morgan fingerprint density at radius 3 is 1.13 bits per heavy atom. The minimum Gasteiger partial charge on any atom is -0.218 e. The first-order valence-corrected chi connectivity index (χ1v) is 9.38. The lowest BCUT2D eigenvalue weighted by molar-refractivity contribution is 0.594. The summed E-state index contributed by atoms with van der Waals surface area (Å²) in [6.07, 6.45) is 0. The Morgan fingerprint density at radius 2 is 0.826 bits per heavy atom. The zero-order valence-corrected chi connectivity index (χ0v) is 16.2. The summed E-state index contributed by atoms with van der Waals surface area (Å²) in [7, 11) is -3.52. The molecule has 0 saturated carbocycles. The van der Waals surface area contributed by atoms with Crippen molar-refractivity contribution in [1.29, 1.82) is 0 Å². The van der Waals surface area contributed by atoms with E-state index in [0.29, 0.717) is 9.79 Å². The van der Waals surface area contributed by atoms with Crippen molar-refractivity contribution in [2.24, 2.45) is 0 Å². The highest BCUT2D eigenvalue weighted by atomic mass is 32.2. The fraction of sp³-hybridized carbons (Fsp3) is 0.400. The van der Waals surface area contributed by atoms with E-state index in [9.17, 15) is 8.42 Å². The highest BCUT2D eigenvalue weighted by Gasteiger charge is 2.25. The third kappa shape index (κ3) is 2.72. The van der Waals surface area contributed by atoms with Crippen molar-refractivity contribution in [2.45, 2.75) is 65.2 Å². The van der Waals surface area contributed by atoms with E-state index in [-0.39, 0.29) is 0 Å². The second kappa shape index (κ2) is 5.79. The van der Waals surface area contributed by atoms with Crippen LogP contribution in [0.25, 0.3) is 0 Å². The Kier molecular flexibility index (Phi) is 4.46. The fourth-order valence-corrected chi connectivity index (χ4v) is 5.04. The van der Waals surface area contributed by atoms with Gasteiger partial charge in [-0.25, -0.2) is 8.42 Å². The quantitative estimate of drug-likeness (QED) is 0.777. The van der Waals surface area contributed by atoms with E-state index in [4.69, 9.17) is 0 Å². The molecule has 2 rings (SSSR count). The maximum atomic E-state index is 13.3. The van der Waals surface area contributed by atoms with E-state index >= 15 is 0 Å². The highest BCUT2D eigenvalue weighted by molar-refractivity contribution is 7.91. The largest absolute Gasteiger partial charge is 0.218 e. The fourth-order valence-electron chi connectivity index (χ4n) is 3.03. The third-order valence-corrected chi connectivity index (χ3v) is 7.45. The molecule has 0 fully saturated rings. The van der Waals surface area contributed by atoms with Gasteiger partial charge in [0.05, 0.1) is 9.79 Å². The normalized spacial score (nSPS) is 11.8. The summed E-state index contributed by atoms with van der Waals surface area (Å²) in [6.45, 7) is 15.8. The van der Waals surface area contributed by atoms with Crippen LogP contribution < -0.4 is 0 Å². The second-order valence-corrected chi connectivity index (χ2v) is 8.52. The van der Waals surface area contributed by atoms with Gasteiger partial charge in [0, 0.05) is 0 Å². The number of aryl methyl sites for hydroxylation is 2. The molecular formula is C20H26O2S. The van der Waals surface area contributed by atoms with Crippen LogP contribution in [0.4, 0.5) is 0 Å². The van der Waals surface area contributed by atoms with Crippen LogP contribution >= 0.6 is 0 Å². The molecule has 0 saturated heterocycles. The average Bonchev–Trinajstić information content (AvgIpc) is 2.49. The predicted molar refractivity (Wildman–Crippen MR) is 96.2 cm³/mol. The molecule has 0 atom stereocenters. The number of hydrogen-bond acceptors (Lipinski definition) is 2. The van der Waals surface area contributed by atoms with E-state index in [1.807, 2.05) is 67.5 Å². The van der Waals surface area contributed by atoms with Crippen LogP contribution in [0.2, 0.25) is 0 Å². The molecule has 0 aliphatic carbocycles. The summed E-state index contributed by atoms with van der Waals surface area (Å²) in [6, 6.07) is 3.63. The zero-order chi connectivity index (χ0) is 17.7. The van der Waals surface area contributed by atoms with E-state index < -0.39 is 9.84 Å². The molecule has 0 aliphatic heterocycles. The van der Waals surface area contributed by atoms with Crippen molar-refractivity contribution in [3.05, 3.63) is 56.6 Å². The molecule has 0 bridgehead atoms. The van der Waals surface area contributed by atoms with Gasteiger partial charge in [-0.2, -0.15) is 0 Å². The second-order valence-electron chi connectivity index (χ2n) is 6.64. The van der Waals surface area contributed by atoms with Crippen LogP contribution in [-0.4, -0.2) is 8.42 Å². The molecule has 0 amide bonds. The van der Waals surface area contributed by atoms with Crippen molar-refractivity contribution < 1.29 is 8.42 Å². The summed E-state index contributed by atoms with van der Waals surface area (Å²) in [5, 5.41) is 0. The molecule has 23 heavy (non-hydrogen) atoms. The van der Waals surface area contributed by atoms with E-state index in [1.165, 1.54) is 0 Å². The number of rotatable bonds is 2. The molecule has 124 valence electrons. The molecule has 2 nitrogen and oxygen atoms in total. The Balaban J connectivity index is 2.85. The van der Waals surface area contributed by atoms with Crippen LogP contribution in [0.15, 0.2) is 21.9 Å². The SMILES string of the molecule is Cc1cc(S(=O)(=O)c2cc(C)c(C)c(C)c2C)c(C)c(C)c1C. The van der Waals surface area contributed by atoms with Gasteiger partial charge >= 0.3 is 0 Å². The minimum atomic E-state index is -3.52. The summed E-state index contributed by atoms with van der Waals surface area (Å²) in [5.41, 5.74) is 8.17. The molecular weight excluding hydrogens is 304 g/mol. The van der Waals surface area contributed by atoms with Gasteiger partial charge < -0.3 is 0 Å². The van der Waals surface area contributed by atoms with Crippen LogP contribution in [0.1, 0.15) is 44.5 Å². The summed E-state index contributed by atoms with van der Waals surface area (Å²) >= 11 is 0. The van der Waals surface area contributed by atoms with Crippen LogP contribution in [0, 0.1) is 55.4 Å². The van der Waals surface area contributed by atoms with Gasteiger partial charge in [0.15, 0.2) is 0 Å². The Labute approximate surface area is 140 Å². The predicted octanol–water partition coefficient (Wildman–Crippen LogP) is 4.99. The first-order chi connectivity index (χ1) is 10.5.